The molecule has 1 unspecified atom stereocenters. The Morgan fingerprint density at radius 1 is 1.53 bits per heavy atom. The SMILES string of the molecule is Cc1cc(Cl)nc(Cl)c1NC(=O)CC1CCCCO1. The van der Waals surface area contributed by atoms with E-state index in [0.29, 0.717) is 17.3 Å². The van der Waals surface area contributed by atoms with Crippen LogP contribution in [0.1, 0.15) is 31.2 Å². The molecule has 0 spiro atoms. The van der Waals surface area contributed by atoms with Gasteiger partial charge >= 0.3 is 0 Å². The van der Waals surface area contributed by atoms with Crippen molar-refractivity contribution in [2.45, 2.75) is 38.7 Å². The van der Waals surface area contributed by atoms with Gasteiger partial charge in [-0.25, -0.2) is 4.98 Å². The van der Waals surface area contributed by atoms with Crippen LogP contribution in [0.15, 0.2) is 6.07 Å². The summed E-state index contributed by atoms with van der Waals surface area (Å²) in [4.78, 5) is 15.9. The molecule has 1 aliphatic heterocycles. The Morgan fingerprint density at radius 2 is 2.32 bits per heavy atom. The molecular formula is C13H16Cl2N2O2. The molecule has 1 aliphatic rings. The van der Waals surface area contributed by atoms with Crippen molar-refractivity contribution in [1.29, 1.82) is 0 Å². The van der Waals surface area contributed by atoms with E-state index < -0.39 is 0 Å². The van der Waals surface area contributed by atoms with Crippen molar-refractivity contribution < 1.29 is 9.53 Å². The topological polar surface area (TPSA) is 51.2 Å². The second kappa shape index (κ2) is 6.55. The Morgan fingerprint density at radius 3 is 2.95 bits per heavy atom. The van der Waals surface area contributed by atoms with E-state index in [4.69, 9.17) is 27.9 Å². The highest BCUT2D eigenvalue weighted by Gasteiger charge is 2.19. The largest absolute Gasteiger partial charge is 0.378 e. The monoisotopic (exact) mass is 302 g/mol. The smallest absolute Gasteiger partial charge is 0.227 e. The molecule has 0 saturated carbocycles. The van der Waals surface area contributed by atoms with Gasteiger partial charge in [0, 0.05) is 6.61 Å². The van der Waals surface area contributed by atoms with Gasteiger partial charge in [-0.05, 0) is 37.8 Å². The third-order valence-corrected chi connectivity index (χ3v) is 3.56. The summed E-state index contributed by atoms with van der Waals surface area (Å²) in [5.74, 6) is -0.110. The number of nitrogens with zero attached hydrogens (tertiary/aromatic N) is 1. The first-order valence-corrected chi connectivity index (χ1v) is 7.06. The number of amides is 1. The van der Waals surface area contributed by atoms with Crippen molar-refractivity contribution in [3.8, 4) is 0 Å². The molecule has 0 bridgehead atoms. The third kappa shape index (κ3) is 4.06. The third-order valence-electron chi connectivity index (χ3n) is 3.09. The summed E-state index contributed by atoms with van der Waals surface area (Å²) in [5.41, 5.74) is 1.31. The fourth-order valence-corrected chi connectivity index (χ4v) is 2.69. The molecule has 2 heterocycles. The van der Waals surface area contributed by atoms with E-state index >= 15 is 0 Å². The van der Waals surface area contributed by atoms with Crippen LogP contribution in [0.2, 0.25) is 10.3 Å². The van der Waals surface area contributed by atoms with Gasteiger partial charge in [0.2, 0.25) is 5.91 Å². The van der Waals surface area contributed by atoms with Gasteiger partial charge in [-0.3, -0.25) is 4.79 Å². The predicted molar refractivity (Wildman–Crippen MR) is 75.8 cm³/mol. The zero-order valence-corrected chi connectivity index (χ0v) is 12.2. The molecule has 1 amide bonds. The fourth-order valence-electron chi connectivity index (χ4n) is 2.11. The maximum atomic E-state index is 12.0. The Kier molecular flexibility index (Phi) is 5.02. The number of aryl methyl sites for hydroxylation is 1. The maximum Gasteiger partial charge on any atom is 0.227 e. The summed E-state index contributed by atoms with van der Waals surface area (Å²) in [6.45, 7) is 2.56. The van der Waals surface area contributed by atoms with Crippen molar-refractivity contribution >= 4 is 34.8 Å². The van der Waals surface area contributed by atoms with E-state index in [1.54, 1.807) is 6.07 Å². The Labute approximate surface area is 122 Å². The number of carbonyl (C=O) groups excluding carboxylic acids is 1. The average molecular weight is 303 g/mol. The summed E-state index contributed by atoms with van der Waals surface area (Å²) in [6, 6.07) is 1.67. The van der Waals surface area contributed by atoms with E-state index in [9.17, 15) is 4.79 Å². The van der Waals surface area contributed by atoms with E-state index in [1.165, 1.54) is 0 Å². The van der Waals surface area contributed by atoms with Gasteiger partial charge < -0.3 is 10.1 Å². The molecule has 19 heavy (non-hydrogen) atoms. The lowest BCUT2D eigenvalue weighted by Gasteiger charge is -2.22. The molecule has 1 N–H and O–H groups in total. The number of hydrogen-bond acceptors (Lipinski definition) is 3. The van der Waals surface area contributed by atoms with Gasteiger partial charge in [-0.15, -0.1) is 0 Å². The minimum atomic E-state index is -0.110. The molecule has 1 aromatic rings. The Balaban J connectivity index is 1.98. The van der Waals surface area contributed by atoms with Crippen molar-refractivity contribution in [2.24, 2.45) is 0 Å². The summed E-state index contributed by atoms with van der Waals surface area (Å²) in [7, 11) is 0. The maximum absolute atomic E-state index is 12.0. The highest BCUT2D eigenvalue weighted by Crippen LogP contribution is 2.27. The molecule has 1 fully saturated rings. The van der Waals surface area contributed by atoms with Gasteiger partial charge in [0.1, 0.15) is 5.15 Å². The molecular weight excluding hydrogens is 287 g/mol. The second-order valence-electron chi connectivity index (χ2n) is 4.67. The normalized spacial score (nSPS) is 19.2. The van der Waals surface area contributed by atoms with Gasteiger partial charge in [0.15, 0.2) is 5.15 Å². The van der Waals surface area contributed by atoms with Gasteiger partial charge in [0.05, 0.1) is 18.2 Å². The van der Waals surface area contributed by atoms with Crippen LogP contribution in [0, 0.1) is 6.92 Å². The fraction of sp³-hybridized carbons (Fsp3) is 0.538. The summed E-state index contributed by atoms with van der Waals surface area (Å²) in [5, 5.41) is 3.31. The van der Waals surface area contributed by atoms with Crippen LogP contribution in [0.5, 0.6) is 0 Å². The zero-order chi connectivity index (χ0) is 13.8. The van der Waals surface area contributed by atoms with E-state index in [1.807, 2.05) is 6.92 Å². The number of anilines is 1. The lowest BCUT2D eigenvalue weighted by Crippen LogP contribution is -2.26. The molecule has 6 heteroatoms. The Bertz CT molecular complexity index is 451. The number of nitrogens with one attached hydrogen (secondary N) is 1. The number of rotatable bonds is 3. The lowest BCUT2D eigenvalue weighted by atomic mass is 10.1. The minimum absolute atomic E-state index is 0.00749. The van der Waals surface area contributed by atoms with Crippen LogP contribution in [0.3, 0.4) is 0 Å². The quantitative estimate of drug-likeness (QED) is 0.868. The van der Waals surface area contributed by atoms with Crippen LogP contribution in [-0.4, -0.2) is 23.6 Å². The van der Waals surface area contributed by atoms with Crippen molar-refractivity contribution in [2.75, 3.05) is 11.9 Å². The number of pyridine rings is 1. The average Bonchev–Trinajstić information content (AvgIpc) is 2.35. The first kappa shape index (κ1) is 14.6. The molecule has 4 nitrogen and oxygen atoms in total. The molecule has 1 saturated heterocycles. The lowest BCUT2D eigenvalue weighted by molar-refractivity contribution is -0.119. The van der Waals surface area contributed by atoms with Gasteiger partial charge in [-0.2, -0.15) is 0 Å². The minimum Gasteiger partial charge on any atom is -0.378 e. The van der Waals surface area contributed by atoms with Gasteiger partial charge in [0.25, 0.3) is 0 Å². The van der Waals surface area contributed by atoms with Crippen LogP contribution < -0.4 is 5.32 Å². The Hall–Kier alpha value is -0.840. The molecule has 104 valence electrons. The standard InChI is InChI=1S/C13H16Cl2N2O2/c1-8-6-10(14)16-13(15)12(8)17-11(18)7-9-4-2-3-5-19-9/h6,9H,2-5,7H2,1H3,(H,17,18). The molecule has 1 atom stereocenters. The summed E-state index contributed by atoms with van der Waals surface area (Å²) >= 11 is 11.8. The van der Waals surface area contributed by atoms with Crippen LogP contribution >= 0.6 is 23.2 Å². The highest BCUT2D eigenvalue weighted by molar-refractivity contribution is 6.34. The zero-order valence-electron chi connectivity index (χ0n) is 10.7. The molecule has 0 aromatic carbocycles. The van der Waals surface area contributed by atoms with Crippen LogP contribution in [-0.2, 0) is 9.53 Å². The predicted octanol–water partition coefficient (Wildman–Crippen LogP) is 3.59. The number of aromatic nitrogens is 1. The van der Waals surface area contributed by atoms with E-state index in [0.717, 1.165) is 31.4 Å². The first-order valence-electron chi connectivity index (χ1n) is 6.30. The molecule has 0 radical (unpaired) electrons. The second-order valence-corrected chi connectivity index (χ2v) is 5.41. The van der Waals surface area contributed by atoms with E-state index in [2.05, 4.69) is 10.3 Å². The molecule has 1 aromatic heterocycles. The van der Waals surface area contributed by atoms with Crippen molar-refractivity contribution in [3.05, 3.63) is 21.9 Å². The summed E-state index contributed by atoms with van der Waals surface area (Å²) < 4.78 is 5.54. The first-order chi connectivity index (χ1) is 9.06. The number of hydrogen-bond donors (Lipinski definition) is 1. The van der Waals surface area contributed by atoms with Crippen LogP contribution in [0.4, 0.5) is 5.69 Å². The number of ether oxygens (including phenoxy) is 1. The van der Waals surface area contributed by atoms with Gasteiger partial charge in [-0.1, -0.05) is 23.2 Å². The molecule has 0 aliphatic carbocycles. The highest BCUT2D eigenvalue weighted by atomic mass is 35.5. The van der Waals surface area contributed by atoms with E-state index in [-0.39, 0.29) is 17.2 Å². The van der Waals surface area contributed by atoms with Crippen LogP contribution in [0.25, 0.3) is 0 Å². The molecule has 2 rings (SSSR count). The van der Waals surface area contributed by atoms with Crippen molar-refractivity contribution in [3.63, 3.8) is 0 Å². The number of halogens is 2. The van der Waals surface area contributed by atoms with Crippen molar-refractivity contribution in [1.82, 2.24) is 4.98 Å². The summed E-state index contributed by atoms with van der Waals surface area (Å²) in [6.07, 6.45) is 3.47. The number of carbonyl (C=O) groups is 1.